The van der Waals surface area contributed by atoms with Crippen LogP contribution >= 0.6 is 11.6 Å². The summed E-state index contributed by atoms with van der Waals surface area (Å²) < 4.78 is 25.6. The van der Waals surface area contributed by atoms with Crippen LogP contribution in [0.4, 0.5) is 0 Å². The highest BCUT2D eigenvalue weighted by atomic mass is 35.5. The Kier molecular flexibility index (Phi) is 8.30. The Balaban J connectivity index is 1.94. The standard InChI is InChI=1S/C26H29ClN4O3S/c1-6-17(2)7-12-24(25-16-29-31(19(25)4)22-10-8-21(27)9-11-22)26(32)30-18(3)20-13-23(15-28-14-20)35(5,33)34/h8-16,18H,2,6-7H2,1,3-5H3,(H,30,32). The molecule has 0 radical (unpaired) electrons. The van der Waals surface area contributed by atoms with Crippen LogP contribution in [0.5, 0.6) is 0 Å². The van der Waals surface area contributed by atoms with Crippen LogP contribution in [0.15, 0.2) is 72.0 Å². The van der Waals surface area contributed by atoms with Crippen molar-refractivity contribution in [1.82, 2.24) is 20.1 Å². The van der Waals surface area contributed by atoms with Gasteiger partial charge in [-0.15, -0.1) is 0 Å². The summed E-state index contributed by atoms with van der Waals surface area (Å²) in [5, 5.41) is 8.09. The fourth-order valence-electron chi connectivity index (χ4n) is 3.47. The van der Waals surface area contributed by atoms with Gasteiger partial charge < -0.3 is 5.32 Å². The number of sulfone groups is 1. The molecule has 0 aliphatic heterocycles. The number of hydrogen-bond donors (Lipinski definition) is 1. The minimum Gasteiger partial charge on any atom is -0.345 e. The molecule has 2 aromatic heterocycles. The predicted molar refractivity (Wildman–Crippen MR) is 139 cm³/mol. The highest BCUT2D eigenvalue weighted by Gasteiger charge is 2.21. The second-order valence-electron chi connectivity index (χ2n) is 8.38. The number of benzene rings is 1. The third kappa shape index (κ3) is 6.46. The monoisotopic (exact) mass is 512 g/mol. The molecule has 0 aliphatic carbocycles. The van der Waals surface area contributed by atoms with E-state index in [-0.39, 0.29) is 10.8 Å². The minimum absolute atomic E-state index is 0.103. The SMILES string of the molecule is C=C(CC)CC=C(C(=O)NC(C)c1cncc(S(C)(=O)=O)c1)c1cnn(-c2ccc(Cl)cc2)c1C. The van der Waals surface area contributed by atoms with Crippen molar-refractivity contribution in [3.8, 4) is 5.69 Å². The molecule has 7 nitrogen and oxygen atoms in total. The van der Waals surface area contributed by atoms with Gasteiger partial charge in [0.2, 0.25) is 0 Å². The molecule has 0 saturated heterocycles. The Labute approximate surface area is 211 Å². The van der Waals surface area contributed by atoms with Crippen molar-refractivity contribution in [3.05, 3.63) is 89.0 Å². The van der Waals surface area contributed by atoms with Crippen molar-refractivity contribution < 1.29 is 13.2 Å². The quantitative estimate of drug-likeness (QED) is 0.312. The Hall–Kier alpha value is -3.23. The molecule has 184 valence electrons. The summed E-state index contributed by atoms with van der Waals surface area (Å²) in [7, 11) is -3.42. The van der Waals surface area contributed by atoms with Crippen LogP contribution in [-0.4, -0.2) is 35.3 Å². The zero-order chi connectivity index (χ0) is 25.8. The number of hydrogen-bond acceptors (Lipinski definition) is 5. The van der Waals surface area contributed by atoms with E-state index in [1.165, 1.54) is 12.3 Å². The molecule has 2 heterocycles. The van der Waals surface area contributed by atoms with Gasteiger partial charge in [-0.3, -0.25) is 9.78 Å². The molecule has 1 N–H and O–H groups in total. The first-order valence-corrected chi connectivity index (χ1v) is 13.4. The Morgan fingerprint density at radius 2 is 1.91 bits per heavy atom. The summed E-state index contributed by atoms with van der Waals surface area (Å²) in [5.74, 6) is -0.301. The van der Waals surface area contributed by atoms with Crippen LogP contribution in [-0.2, 0) is 14.6 Å². The number of pyridine rings is 1. The molecule has 0 aliphatic rings. The first kappa shape index (κ1) is 26.4. The van der Waals surface area contributed by atoms with Crippen LogP contribution < -0.4 is 5.32 Å². The second-order valence-corrected chi connectivity index (χ2v) is 10.8. The second kappa shape index (κ2) is 11.0. The molecule has 1 aromatic carbocycles. The number of nitrogens with zero attached hydrogens (tertiary/aromatic N) is 3. The summed E-state index contributed by atoms with van der Waals surface area (Å²) in [4.78, 5) is 17.6. The molecule has 0 bridgehead atoms. The fourth-order valence-corrected chi connectivity index (χ4v) is 4.19. The Morgan fingerprint density at radius 1 is 1.23 bits per heavy atom. The molecule has 1 unspecified atom stereocenters. The molecule has 1 atom stereocenters. The van der Waals surface area contributed by atoms with E-state index in [4.69, 9.17) is 11.6 Å². The maximum atomic E-state index is 13.5. The number of rotatable bonds is 9. The molecule has 35 heavy (non-hydrogen) atoms. The van der Waals surface area contributed by atoms with E-state index >= 15 is 0 Å². The van der Waals surface area contributed by atoms with Gasteiger partial charge in [-0.05, 0) is 62.6 Å². The van der Waals surface area contributed by atoms with E-state index in [9.17, 15) is 13.2 Å². The summed E-state index contributed by atoms with van der Waals surface area (Å²) in [6.45, 7) is 9.75. The van der Waals surface area contributed by atoms with Gasteiger partial charge in [-0.25, -0.2) is 13.1 Å². The van der Waals surface area contributed by atoms with Crippen molar-refractivity contribution in [3.63, 3.8) is 0 Å². The minimum atomic E-state index is -3.42. The van der Waals surface area contributed by atoms with Crippen molar-refractivity contribution in [1.29, 1.82) is 0 Å². The van der Waals surface area contributed by atoms with E-state index in [1.807, 2.05) is 32.1 Å². The number of carbonyl (C=O) groups is 1. The van der Waals surface area contributed by atoms with E-state index in [1.54, 1.807) is 36.1 Å². The molecule has 3 rings (SSSR count). The van der Waals surface area contributed by atoms with Crippen LogP contribution in [0.1, 0.15) is 49.6 Å². The lowest BCUT2D eigenvalue weighted by atomic mass is 10.0. The molecule has 3 aromatic rings. The van der Waals surface area contributed by atoms with Crippen molar-refractivity contribution in [2.45, 2.75) is 44.6 Å². The van der Waals surface area contributed by atoms with Gasteiger partial charge in [0.1, 0.15) is 0 Å². The molecule has 9 heteroatoms. The van der Waals surface area contributed by atoms with Crippen LogP contribution in [0, 0.1) is 6.92 Å². The smallest absolute Gasteiger partial charge is 0.252 e. The van der Waals surface area contributed by atoms with Crippen LogP contribution in [0.3, 0.4) is 0 Å². The largest absolute Gasteiger partial charge is 0.345 e. The van der Waals surface area contributed by atoms with Crippen LogP contribution in [0.25, 0.3) is 11.3 Å². The van der Waals surface area contributed by atoms with Gasteiger partial charge in [0, 0.05) is 40.5 Å². The number of carbonyl (C=O) groups excluding carboxylic acids is 1. The van der Waals surface area contributed by atoms with E-state index in [0.717, 1.165) is 29.6 Å². The molecule has 0 spiro atoms. The maximum Gasteiger partial charge on any atom is 0.252 e. The Bertz CT molecular complexity index is 1380. The lowest BCUT2D eigenvalue weighted by Crippen LogP contribution is -2.28. The number of nitrogens with one attached hydrogen (secondary N) is 1. The highest BCUT2D eigenvalue weighted by molar-refractivity contribution is 7.90. The molecule has 0 saturated carbocycles. The normalized spacial score (nSPS) is 12.9. The first-order chi connectivity index (χ1) is 16.5. The average Bonchev–Trinajstić information content (AvgIpc) is 3.20. The van der Waals surface area contributed by atoms with Crippen molar-refractivity contribution in [2.75, 3.05) is 6.26 Å². The summed E-state index contributed by atoms with van der Waals surface area (Å²) in [5.41, 5.74) is 4.37. The number of amides is 1. The van der Waals surface area contributed by atoms with Crippen molar-refractivity contribution in [2.24, 2.45) is 0 Å². The third-order valence-corrected chi connectivity index (χ3v) is 7.05. The third-order valence-electron chi connectivity index (χ3n) is 5.72. The number of halogens is 1. The molecular weight excluding hydrogens is 484 g/mol. The van der Waals surface area contributed by atoms with Gasteiger partial charge in [-0.1, -0.05) is 36.8 Å². The van der Waals surface area contributed by atoms with Crippen LogP contribution in [0.2, 0.25) is 5.02 Å². The number of aromatic nitrogens is 3. The average molecular weight is 513 g/mol. The first-order valence-electron chi connectivity index (χ1n) is 11.1. The molecule has 1 amide bonds. The fraction of sp³-hybridized carbons (Fsp3) is 0.269. The van der Waals surface area contributed by atoms with Gasteiger partial charge >= 0.3 is 0 Å². The summed E-state index contributed by atoms with van der Waals surface area (Å²) >= 11 is 6.02. The van der Waals surface area contributed by atoms with E-state index in [0.29, 0.717) is 28.1 Å². The lowest BCUT2D eigenvalue weighted by Gasteiger charge is -2.17. The lowest BCUT2D eigenvalue weighted by molar-refractivity contribution is -0.116. The van der Waals surface area contributed by atoms with Crippen molar-refractivity contribution >= 4 is 32.9 Å². The Morgan fingerprint density at radius 3 is 2.54 bits per heavy atom. The number of allylic oxidation sites excluding steroid dienone is 2. The summed E-state index contributed by atoms with van der Waals surface area (Å²) in [6, 6.07) is 8.34. The predicted octanol–water partition coefficient (Wildman–Crippen LogP) is 5.25. The highest BCUT2D eigenvalue weighted by Crippen LogP contribution is 2.25. The van der Waals surface area contributed by atoms with E-state index < -0.39 is 15.9 Å². The van der Waals surface area contributed by atoms with Gasteiger partial charge in [0.15, 0.2) is 9.84 Å². The summed E-state index contributed by atoms with van der Waals surface area (Å²) in [6.07, 6.45) is 8.84. The maximum absolute atomic E-state index is 13.5. The zero-order valence-corrected chi connectivity index (χ0v) is 21.8. The topological polar surface area (TPSA) is 93.9 Å². The van der Waals surface area contributed by atoms with Gasteiger partial charge in [0.25, 0.3) is 5.91 Å². The molecular formula is C26H29ClN4O3S. The molecule has 0 fully saturated rings. The van der Waals surface area contributed by atoms with Gasteiger partial charge in [-0.2, -0.15) is 5.10 Å². The van der Waals surface area contributed by atoms with Gasteiger partial charge in [0.05, 0.1) is 22.8 Å². The zero-order valence-electron chi connectivity index (χ0n) is 20.2. The van der Waals surface area contributed by atoms with E-state index in [2.05, 4.69) is 22.0 Å².